The Bertz CT molecular complexity index is 573. The molecule has 0 aliphatic carbocycles. The minimum Gasteiger partial charge on any atom is -0.380 e. The summed E-state index contributed by atoms with van der Waals surface area (Å²) in [7, 11) is 0. The van der Waals surface area contributed by atoms with E-state index in [0.29, 0.717) is 16.6 Å². The average Bonchev–Trinajstić information content (AvgIpc) is 2.32. The molecule has 2 aromatic rings. The second-order valence-electron chi connectivity index (χ2n) is 3.87. The molecule has 0 saturated carbocycles. The first-order valence-electron chi connectivity index (χ1n) is 5.37. The minimum absolute atomic E-state index is 0.571. The molecule has 1 N–H and O–H groups in total. The van der Waals surface area contributed by atoms with E-state index in [-0.39, 0.29) is 0 Å². The normalized spacial score (nSPS) is 10.4. The Hall–Kier alpha value is -0.770. The van der Waals surface area contributed by atoms with Crippen LogP contribution in [0.1, 0.15) is 11.3 Å². The van der Waals surface area contributed by atoms with Gasteiger partial charge in [0.1, 0.15) is 4.60 Å². The summed E-state index contributed by atoms with van der Waals surface area (Å²) in [6.07, 6.45) is 0. The lowest BCUT2D eigenvalue weighted by Crippen LogP contribution is -2.02. The first-order valence-corrected chi connectivity index (χ1v) is 6.92. The quantitative estimate of drug-likeness (QED) is 0.785. The van der Waals surface area contributed by atoms with Crippen LogP contribution >= 0.6 is 39.1 Å². The molecule has 18 heavy (non-hydrogen) atoms. The third kappa shape index (κ3) is 3.37. The molecule has 0 bridgehead atoms. The number of halogens is 3. The van der Waals surface area contributed by atoms with Gasteiger partial charge in [-0.15, -0.1) is 0 Å². The number of nitrogens with zero attached hydrogens (tertiary/aromatic N) is 1. The van der Waals surface area contributed by atoms with Crippen molar-refractivity contribution in [3.63, 3.8) is 0 Å². The smallest absolute Gasteiger partial charge is 0.106 e. The number of hydrogen-bond acceptors (Lipinski definition) is 2. The fourth-order valence-electron chi connectivity index (χ4n) is 1.56. The van der Waals surface area contributed by atoms with Gasteiger partial charge in [-0.25, -0.2) is 4.98 Å². The maximum atomic E-state index is 5.97. The van der Waals surface area contributed by atoms with Crippen LogP contribution in [-0.4, -0.2) is 4.98 Å². The van der Waals surface area contributed by atoms with Crippen LogP contribution in [0.2, 0.25) is 10.0 Å². The molecule has 94 valence electrons. The molecule has 1 heterocycles. The van der Waals surface area contributed by atoms with E-state index >= 15 is 0 Å². The number of rotatable bonds is 3. The molecule has 0 fully saturated rings. The molecule has 0 aliphatic rings. The van der Waals surface area contributed by atoms with Gasteiger partial charge in [0.2, 0.25) is 0 Å². The highest BCUT2D eigenvalue weighted by molar-refractivity contribution is 9.10. The van der Waals surface area contributed by atoms with Crippen LogP contribution in [0.4, 0.5) is 5.69 Å². The summed E-state index contributed by atoms with van der Waals surface area (Å²) in [6.45, 7) is 2.64. The van der Waals surface area contributed by atoms with Gasteiger partial charge in [0.25, 0.3) is 0 Å². The molecule has 0 unspecified atom stereocenters. The van der Waals surface area contributed by atoms with E-state index in [1.165, 1.54) is 0 Å². The van der Waals surface area contributed by atoms with E-state index in [2.05, 4.69) is 26.2 Å². The Morgan fingerprint density at radius 2 is 1.94 bits per heavy atom. The highest BCUT2D eigenvalue weighted by atomic mass is 79.9. The number of aryl methyl sites for hydroxylation is 1. The Kier molecular flexibility index (Phi) is 4.49. The zero-order valence-corrected chi connectivity index (χ0v) is 12.8. The number of pyridine rings is 1. The van der Waals surface area contributed by atoms with Gasteiger partial charge in [-0.3, -0.25) is 0 Å². The van der Waals surface area contributed by atoms with E-state index in [1.807, 2.05) is 31.2 Å². The van der Waals surface area contributed by atoms with Crippen LogP contribution in [0.5, 0.6) is 0 Å². The van der Waals surface area contributed by atoms with Crippen LogP contribution < -0.4 is 5.32 Å². The van der Waals surface area contributed by atoms with Gasteiger partial charge >= 0.3 is 0 Å². The third-order valence-electron chi connectivity index (χ3n) is 2.52. The van der Waals surface area contributed by atoms with Gasteiger partial charge < -0.3 is 5.32 Å². The van der Waals surface area contributed by atoms with E-state index in [4.69, 9.17) is 23.2 Å². The third-order valence-corrected chi connectivity index (χ3v) is 3.70. The Morgan fingerprint density at radius 3 is 2.61 bits per heavy atom. The van der Waals surface area contributed by atoms with Gasteiger partial charge in [-0.2, -0.15) is 0 Å². The SMILES string of the molecule is Cc1nc(Br)ccc1NCc1ccc(Cl)c(Cl)c1. The number of nitrogens with one attached hydrogen (secondary N) is 1. The van der Waals surface area contributed by atoms with E-state index < -0.39 is 0 Å². The molecule has 5 heteroatoms. The van der Waals surface area contributed by atoms with Gasteiger partial charge in [0.15, 0.2) is 0 Å². The predicted octanol–water partition coefficient (Wildman–Crippen LogP) is 5.07. The zero-order valence-electron chi connectivity index (χ0n) is 9.67. The molecule has 0 atom stereocenters. The molecule has 0 spiro atoms. The van der Waals surface area contributed by atoms with Crippen LogP contribution in [0.15, 0.2) is 34.9 Å². The van der Waals surface area contributed by atoms with Crippen molar-refractivity contribution in [1.29, 1.82) is 0 Å². The maximum Gasteiger partial charge on any atom is 0.106 e. The lowest BCUT2D eigenvalue weighted by molar-refractivity contribution is 1.10. The number of aromatic nitrogens is 1. The molecule has 0 amide bonds. The van der Waals surface area contributed by atoms with Crippen LogP contribution in [0.25, 0.3) is 0 Å². The second-order valence-corrected chi connectivity index (χ2v) is 5.50. The van der Waals surface area contributed by atoms with Crippen molar-refractivity contribution in [2.45, 2.75) is 13.5 Å². The van der Waals surface area contributed by atoms with Crippen molar-refractivity contribution in [3.8, 4) is 0 Å². The van der Waals surface area contributed by atoms with Gasteiger partial charge in [0, 0.05) is 6.54 Å². The van der Waals surface area contributed by atoms with E-state index in [1.54, 1.807) is 6.07 Å². The lowest BCUT2D eigenvalue weighted by Gasteiger charge is -2.09. The Morgan fingerprint density at radius 1 is 1.17 bits per heavy atom. The Labute approximate surface area is 124 Å². The van der Waals surface area contributed by atoms with Crippen molar-refractivity contribution in [3.05, 3.63) is 56.2 Å². The summed E-state index contributed by atoms with van der Waals surface area (Å²) in [5.41, 5.74) is 3.03. The molecule has 2 nitrogen and oxygen atoms in total. The summed E-state index contributed by atoms with van der Waals surface area (Å²) in [5.74, 6) is 0. The first-order chi connectivity index (χ1) is 8.56. The minimum atomic E-state index is 0.571. The molecule has 0 aliphatic heterocycles. The van der Waals surface area contributed by atoms with Crippen LogP contribution in [0, 0.1) is 6.92 Å². The molecule has 1 aromatic carbocycles. The van der Waals surface area contributed by atoms with Gasteiger partial charge in [-0.05, 0) is 52.7 Å². The van der Waals surface area contributed by atoms with Crippen molar-refractivity contribution >= 4 is 44.8 Å². The molecular formula is C13H11BrCl2N2. The number of hydrogen-bond donors (Lipinski definition) is 1. The second kappa shape index (κ2) is 5.91. The summed E-state index contributed by atoms with van der Waals surface area (Å²) < 4.78 is 0.833. The average molecular weight is 346 g/mol. The van der Waals surface area contributed by atoms with Crippen molar-refractivity contribution < 1.29 is 0 Å². The highest BCUT2D eigenvalue weighted by Gasteiger charge is 2.02. The number of anilines is 1. The van der Waals surface area contributed by atoms with Gasteiger partial charge in [-0.1, -0.05) is 29.3 Å². The largest absolute Gasteiger partial charge is 0.380 e. The maximum absolute atomic E-state index is 5.97. The highest BCUT2D eigenvalue weighted by Crippen LogP contribution is 2.23. The summed E-state index contributed by atoms with van der Waals surface area (Å²) in [4.78, 5) is 4.32. The monoisotopic (exact) mass is 344 g/mol. The fraction of sp³-hybridized carbons (Fsp3) is 0.154. The lowest BCUT2D eigenvalue weighted by atomic mass is 10.2. The summed E-state index contributed by atoms with van der Waals surface area (Å²) in [5, 5.41) is 4.46. The van der Waals surface area contributed by atoms with Crippen molar-refractivity contribution in [1.82, 2.24) is 4.98 Å². The zero-order chi connectivity index (χ0) is 13.1. The van der Waals surface area contributed by atoms with Crippen molar-refractivity contribution in [2.24, 2.45) is 0 Å². The van der Waals surface area contributed by atoms with Crippen LogP contribution in [0.3, 0.4) is 0 Å². The standard InChI is InChI=1S/C13H11BrCl2N2/c1-8-12(4-5-13(14)18-8)17-7-9-2-3-10(15)11(16)6-9/h2-6,17H,7H2,1H3. The fourth-order valence-corrected chi connectivity index (χ4v) is 2.28. The topological polar surface area (TPSA) is 24.9 Å². The number of benzene rings is 1. The van der Waals surface area contributed by atoms with E-state index in [0.717, 1.165) is 21.5 Å². The van der Waals surface area contributed by atoms with Gasteiger partial charge in [0.05, 0.1) is 21.4 Å². The first kappa shape index (κ1) is 13.7. The Balaban J connectivity index is 2.09. The summed E-state index contributed by atoms with van der Waals surface area (Å²) in [6, 6.07) is 9.50. The van der Waals surface area contributed by atoms with Crippen molar-refractivity contribution in [2.75, 3.05) is 5.32 Å². The molecule has 1 aromatic heterocycles. The summed E-state index contributed by atoms with van der Waals surface area (Å²) >= 11 is 15.2. The predicted molar refractivity (Wildman–Crippen MR) is 80.5 cm³/mol. The van der Waals surface area contributed by atoms with Crippen LogP contribution in [-0.2, 0) is 6.54 Å². The molecule has 0 radical (unpaired) electrons. The van der Waals surface area contributed by atoms with E-state index in [9.17, 15) is 0 Å². The molecule has 2 rings (SSSR count). The molecular weight excluding hydrogens is 335 g/mol. The molecule has 0 saturated heterocycles.